The van der Waals surface area contributed by atoms with Crippen LogP contribution in [0.3, 0.4) is 0 Å². The van der Waals surface area contributed by atoms with Crippen LogP contribution in [0.2, 0.25) is 0 Å². The van der Waals surface area contributed by atoms with Gasteiger partial charge in [0.2, 0.25) is 10.0 Å². The lowest BCUT2D eigenvalue weighted by Gasteiger charge is -2.10. The highest BCUT2D eigenvalue weighted by molar-refractivity contribution is 9.10. The fraction of sp³-hybridized carbons (Fsp3) is 0.273. The number of nitrogens with one attached hydrogen (secondary N) is 1. The van der Waals surface area contributed by atoms with Crippen LogP contribution in [0.5, 0.6) is 0 Å². The first-order chi connectivity index (χ1) is 9.81. The third-order valence-corrected chi connectivity index (χ3v) is 4.91. The Hall–Kier alpha value is -1.52. The summed E-state index contributed by atoms with van der Waals surface area (Å²) in [7, 11) is -2.06. The van der Waals surface area contributed by atoms with Crippen molar-refractivity contribution in [1.29, 1.82) is 0 Å². The Labute approximate surface area is 129 Å². The van der Waals surface area contributed by atoms with Crippen LogP contribution in [0.25, 0.3) is 0 Å². The molecule has 1 aromatic carbocycles. The summed E-state index contributed by atoms with van der Waals surface area (Å²) in [6, 6.07) is 2.09. The number of aromatic nitrogens is 3. The molecule has 1 aromatic heterocycles. The largest absolute Gasteiger partial charge is 0.398 e. The van der Waals surface area contributed by atoms with E-state index in [1.807, 2.05) is 0 Å². The lowest BCUT2D eigenvalue weighted by molar-refractivity contribution is 0.579. The van der Waals surface area contributed by atoms with Crippen LogP contribution >= 0.6 is 15.9 Å². The number of benzene rings is 1. The third kappa shape index (κ3) is 3.57. The smallest absolute Gasteiger partial charge is 0.242 e. The first-order valence-corrected chi connectivity index (χ1v) is 8.16. The number of halogens is 2. The maximum absolute atomic E-state index is 13.3. The van der Waals surface area contributed by atoms with E-state index in [2.05, 4.69) is 30.8 Å². The molecule has 0 aliphatic heterocycles. The number of nitrogens with two attached hydrogens (primary N) is 1. The third-order valence-electron chi connectivity index (χ3n) is 2.79. The highest BCUT2D eigenvalue weighted by Gasteiger charge is 2.19. The Kier molecular flexibility index (Phi) is 4.59. The van der Waals surface area contributed by atoms with Gasteiger partial charge in [-0.3, -0.25) is 0 Å². The summed E-state index contributed by atoms with van der Waals surface area (Å²) in [5.41, 5.74) is 5.41. The van der Waals surface area contributed by atoms with Gasteiger partial charge in [-0.1, -0.05) is 0 Å². The topological polar surface area (TPSA) is 103 Å². The Bertz CT molecular complexity index is 762. The molecule has 3 N–H and O–H groups in total. The minimum absolute atomic E-state index is 0.0328. The molecule has 0 amide bonds. The molecule has 0 bridgehead atoms. The molecule has 7 nitrogen and oxygen atoms in total. The van der Waals surface area contributed by atoms with E-state index in [9.17, 15) is 12.8 Å². The standard InChI is InChI=1S/C11H13BrFN5O2S/c1-18-6-15-17-11(18)2-3-16-21(19,20)10-4-7(12)8(13)5-9(10)14/h4-6,16H,2-3,14H2,1H3. The van der Waals surface area contributed by atoms with Crippen LogP contribution < -0.4 is 10.5 Å². The van der Waals surface area contributed by atoms with Crippen LogP contribution in [0.1, 0.15) is 5.82 Å². The molecule has 0 fully saturated rings. The monoisotopic (exact) mass is 377 g/mol. The zero-order valence-electron chi connectivity index (χ0n) is 11.0. The van der Waals surface area contributed by atoms with E-state index in [1.165, 1.54) is 6.33 Å². The molecule has 0 spiro atoms. The van der Waals surface area contributed by atoms with Crippen LogP contribution in [0.15, 0.2) is 27.8 Å². The van der Waals surface area contributed by atoms with E-state index in [0.29, 0.717) is 12.2 Å². The summed E-state index contributed by atoms with van der Waals surface area (Å²) in [4.78, 5) is -0.172. The van der Waals surface area contributed by atoms with Gasteiger partial charge in [-0.15, -0.1) is 10.2 Å². The molecule has 114 valence electrons. The van der Waals surface area contributed by atoms with Crippen molar-refractivity contribution in [1.82, 2.24) is 19.5 Å². The summed E-state index contributed by atoms with van der Waals surface area (Å²) < 4.78 is 41.7. The van der Waals surface area contributed by atoms with Crippen molar-refractivity contribution in [3.63, 3.8) is 0 Å². The van der Waals surface area contributed by atoms with Crippen molar-refractivity contribution in [2.24, 2.45) is 7.05 Å². The van der Waals surface area contributed by atoms with Crippen molar-refractivity contribution in [2.75, 3.05) is 12.3 Å². The Morgan fingerprint density at radius 1 is 1.48 bits per heavy atom. The molecule has 21 heavy (non-hydrogen) atoms. The molecule has 0 saturated heterocycles. The maximum Gasteiger partial charge on any atom is 0.242 e. The van der Waals surface area contributed by atoms with Crippen molar-refractivity contribution in [3.05, 3.63) is 34.6 Å². The van der Waals surface area contributed by atoms with Crippen molar-refractivity contribution >= 4 is 31.6 Å². The molecule has 0 atom stereocenters. The quantitative estimate of drug-likeness (QED) is 0.750. The predicted molar refractivity (Wildman–Crippen MR) is 78.4 cm³/mol. The summed E-state index contributed by atoms with van der Waals surface area (Å²) in [6.45, 7) is 0.128. The van der Waals surface area contributed by atoms with Crippen molar-refractivity contribution < 1.29 is 12.8 Å². The summed E-state index contributed by atoms with van der Waals surface area (Å²) in [6.07, 6.45) is 1.90. The van der Waals surface area contributed by atoms with Gasteiger partial charge in [0.1, 0.15) is 22.9 Å². The van der Waals surface area contributed by atoms with Gasteiger partial charge in [0.25, 0.3) is 0 Å². The maximum atomic E-state index is 13.3. The number of hydrogen-bond donors (Lipinski definition) is 2. The van der Waals surface area contributed by atoms with Crippen LogP contribution in [-0.4, -0.2) is 29.7 Å². The molecular weight excluding hydrogens is 365 g/mol. The second kappa shape index (κ2) is 6.08. The van der Waals surface area contributed by atoms with Gasteiger partial charge in [-0.2, -0.15) is 0 Å². The average Bonchev–Trinajstić information content (AvgIpc) is 2.79. The van der Waals surface area contributed by atoms with E-state index in [1.54, 1.807) is 11.6 Å². The van der Waals surface area contributed by atoms with Crippen LogP contribution in [0, 0.1) is 5.82 Å². The van der Waals surface area contributed by atoms with Crippen molar-refractivity contribution in [2.45, 2.75) is 11.3 Å². The van der Waals surface area contributed by atoms with Gasteiger partial charge in [0.15, 0.2) is 0 Å². The van der Waals surface area contributed by atoms with Gasteiger partial charge in [-0.25, -0.2) is 17.5 Å². The second-order valence-corrected chi connectivity index (χ2v) is 6.90. The zero-order chi connectivity index (χ0) is 15.6. The molecule has 0 unspecified atom stereocenters. The fourth-order valence-electron chi connectivity index (χ4n) is 1.69. The molecule has 10 heteroatoms. The van der Waals surface area contributed by atoms with E-state index in [4.69, 9.17) is 5.73 Å². The van der Waals surface area contributed by atoms with Gasteiger partial charge in [0.05, 0.1) is 10.2 Å². The van der Waals surface area contributed by atoms with Gasteiger partial charge in [-0.05, 0) is 28.1 Å². The highest BCUT2D eigenvalue weighted by Crippen LogP contribution is 2.25. The number of hydrogen-bond acceptors (Lipinski definition) is 5. The Balaban J connectivity index is 2.12. The molecule has 2 rings (SSSR count). The Morgan fingerprint density at radius 2 is 2.19 bits per heavy atom. The van der Waals surface area contributed by atoms with E-state index >= 15 is 0 Å². The lowest BCUT2D eigenvalue weighted by atomic mass is 10.3. The molecule has 2 aromatic rings. The minimum Gasteiger partial charge on any atom is -0.398 e. The first kappa shape index (κ1) is 15.9. The molecule has 0 aliphatic carbocycles. The average molecular weight is 378 g/mol. The van der Waals surface area contributed by atoms with E-state index < -0.39 is 15.8 Å². The number of nitrogen functional groups attached to an aromatic ring is 1. The second-order valence-electron chi connectivity index (χ2n) is 4.31. The summed E-state index contributed by atoms with van der Waals surface area (Å²) in [5, 5.41) is 7.55. The number of nitrogens with zero attached hydrogens (tertiary/aromatic N) is 3. The Morgan fingerprint density at radius 3 is 2.81 bits per heavy atom. The number of rotatable bonds is 5. The molecule has 0 radical (unpaired) electrons. The van der Waals surface area contributed by atoms with Crippen LogP contribution in [0.4, 0.5) is 10.1 Å². The lowest BCUT2D eigenvalue weighted by Crippen LogP contribution is -2.27. The normalized spacial score (nSPS) is 11.8. The highest BCUT2D eigenvalue weighted by atomic mass is 79.9. The number of anilines is 1. The molecular formula is C11H13BrFN5O2S. The first-order valence-electron chi connectivity index (χ1n) is 5.88. The summed E-state index contributed by atoms with van der Waals surface area (Å²) >= 11 is 2.94. The molecule has 0 saturated carbocycles. The molecule has 0 aliphatic rings. The van der Waals surface area contributed by atoms with E-state index in [0.717, 1.165) is 12.1 Å². The van der Waals surface area contributed by atoms with Crippen LogP contribution in [-0.2, 0) is 23.5 Å². The number of sulfonamides is 1. The van der Waals surface area contributed by atoms with Gasteiger partial charge < -0.3 is 10.3 Å². The summed E-state index contributed by atoms with van der Waals surface area (Å²) in [5.74, 6) is 0.0245. The van der Waals surface area contributed by atoms with Gasteiger partial charge >= 0.3 is 0 Å². The molecule has 1 heterocycles. The minimum atomic E-state index is -3.83. The zero-order valence-corrected chi connectivity index (χ0v) is 13.4. The predicted octanol–water partition coefficient (Wildman–Crippen LogP) is 0.820. The van der Waals surface area contributed by atoms with Crippen molar-refractivity contribution in [3.8, 4) is 0 Å². The van der Waals surface area contributed by atoms with E-state index in [-0.39, 0.29) is 21.6 Å². The fourth-order valence-corrected chi connectivity index (χ4v) is 3.35. The van der Waals surface area contributed by atoms with Gasteiger partial charge in [0, 0.05) is 20.0 Å². The SMILES string of the molecule is Cn1cnnc1CCNS(=O)(=O)c1cc(Br)c(F)cc1N. The number of aryl methyl sites for hydroxylation is 1.